The van der Waals surface area contributed by atoms with Crippen molar-refractivity contribution in [1.29, 1.82) is 0 Å². The fourth-order valence-corrected chi connectivity index (χ4v) is 1.94. The van der Waals surface area contributed by atoms with Crippen molar-refractivity contribution in [2.45, 2.75) is 33.6 Å². The average molecular weight is 222 g/mol. The molecule has 0 aliphatic carbocycles. The van der Waals surface area contributed by atoms with Crippen LogP contribution in [0.5, 0.6) is 5.75 Å². The van der Waals surface area contributed by atoms with Gasteiger partial charge in [-0.3, -0.25) is 0 Å². The van der Waals surface area contributed by atoms with Gasteiger partial charge in [0.1, 0.15) is 5.75 Å². The van der Waals surface area contributed by atoms with Crippen molar-refractivity contribution in [1.82, 2.24) is 0 Å². The molecule has 0 fully saturated rings. The van der Waals surface area contributed by atoms with Crippen LogP contribution in [0.4, 0.5) is 0 Å². The molecule has 0 aromatic heterocycles. The molecule has 1 N–H and O–H groups in total. The maximum atomic E-state index is 9.22. The number of aliphatic hydroxyl groups excluding tert-OH is 1. The molecule has 1 unspecified atom stereocenters. The summed E-state index contributed by atoms with van der Waals surface area (Å²) in [6, 6.07) is 4.25. The van der Waals surface area contributed by atoms with E-state index >= 15 is 0 Å². The summed E-state index contributed by atoms with van der Waals surface area (Å²) in [6.07, 6.45) is 1.96. The third-order valence-corrected chi connectivity index (χ3v) is 3.20. The van der Waals surface area contributed by atoms with Gasteiger partial charge in [0.25, 0.3) is 0 Å². The lowest BCUT2D eigenvalue weighted by Gasteiger charge is -2.15. The summed E-state index contributed by atoms with van der Waals surface area (Å²) in [4.78, 5) is 0. The smallest absolute Gasteiger partial charge is 0.122 e. The van der Waals surface area contributed by atoms with Gasteiger partial charge in [0.2, 0.25) is 0 Å². The van der Waals surface area contributed by atoms with Crippen LogP contribution in [0.15, 0.2) is 12.1 Å². The van der Waals surface area contributed by atoms with Crippen LogP contribution in [-0.2, 0) is 6.42 Å². The molecule has 0 radical (unpaired) electrons. The molecule has 1 atom stereocenters. The molecule has 0 amide bonds. The van der Waals surface area contributed by atoms with Gasteiger partial charge in [-0.25, -0.2) is 0 Å². The van der Waals surface area contributed by atoms with Gasteiger partial charge in [0, 0.05) is 6.61 Å². The van der Waals surface area contributed by atoms with Gasteiger partial charge in [-0.1, -0.05) is 19.4 Å². The molecule has 0 aliphatic heterocycles. The van der Waals surface area contributed by atoms with Gasteiger partial charge < -0.3 is 9.84 Å². The zero-order valence-electron chi connectivity index (χ0n) is 10.7. The van der Waals surface area contributed by atoms with Gasteiger partial charge in [-0.2, -0.15) is 0 Å². The van der Waals surface area contributed by atoms with E-state index in [9.17, 15) is 5.11 Å². The highest BCUT2D eigenvalue weighted by Crippen LogP contribution is 2.24. The van der Waals surface area contributed by atoms with E-state index in [0.29, 0.717) is 5.92 Å². The zero-order chi connectivity index (χ0) is 12.1. The summed E-state index contributed by atoms with van der Waals surface area (Å²) in [5, 5.41) is 9.22. The maximum absolute atomic E-state index is 9.22. The van der Waals surface area contributed by atoms with E-state index < -0.39 is 0 Å². The van der Waals surface area contributed by atoms with Gasteiger partial charge in [-0.15, -0.1) is 0 Å². The van der Waals surface area contributed by atoms with Crippen LogP contribution in [0.1, 0.15) is 30.0 Å². The van der Waals surface area contributed by atoms with Crippen molar-refractivity contribution in [2.24, 2.45) is 5.92 Å². The van der Waals surface area contributed by atoms with Crippen molar-refractivity contribution < 1.29 is 9.84 Å². The number of aliphatic hydroxyl groups is 1. The fourth-order valence-electron chi connectivity index (χ4n) is 1.94. The Kier molecular flexibility index (Phi) is 4.81. The Balaban J connectivity index is 2.92. The second-order valence-electron chi connectivity index (χ2n) is 4.41. The normalized spacial score (nSPS) is 12.6. The van der Waals surface area contributed by atoms with Crippen LogP contribution >= 0.6 is 0 Å². The van der Waals surface area contributed by atoms with E-state index in [1.807, 2.05) is 0 Å². The number of hydrogen-bond donors (Lipinski definition) is 1. The largest absolute Gasteiger partial charge is 0.496 e. The number of aryl methyl sites for hydroxylation is 2. The molecule has 1 aromatic carbocycles. The Morgan fingerprint density at radius 1 is 1.25 bits per heavy atom. The summed E-state index contributed by atoms with van der Waals surface area (Å²) in [5.74, 6) is 1.31. The van der Waals surface area contributed by atoms with Crippen molar-refractivity contribution in [3.63, 3.8) is 0 Å². The minimum Gasteiger partial charge on any atom is -0.496 e. The fraction of sp³-hybridized carbons (Fsp3) is 0.571. The third-order valence-electron chi connectivity index (χ3n) is 3.20. The predicted octanol–water partition coefficient (Wildman–Crippen LogP) is 2.87. The molecule has 1 rings (SSSR count). The molecular weight excluding hydrogens is 200 g/mol. The average Bonchev–Trinajstić information content (AvgIpc) is 2.29. The van der Waals surface area contributed by atoms with Crippen molar-refractivity contribution in [3.05, 3.63) is 28.8 Å². The number of benzene rings is 1. The lowest BCUT2D eigenvalue weighted by Crippen LogP contribution is -2.09. The van der Waals surface area contributed by atoms with Crippen LogP contribution in [0.3, 0.4) is 0 Å². The van der Waals surface area contributed by atoms with Crippen molar-refractivity contribution in [2.75, 3.05) is 13.7 Å². The first-order valence-corrected chi connectivity index (χ1v) is 5.87. The lowest BCUT2D eigenvalue weighted by atomic mass is 9.93. The summed E-state index contributed by atoms with van der Waals surface area (Å²) in [5.41, 5.74) is 3.73. The highest BCUT2D eigenvalue weighted by molar-refractivity contribution is 5.41. The first kappa shape index (κ1) is 13.0. The highest BCUT2D eigenvalue weighted by atomic mass is 16.5. The predicted molar refractivity (Wildman–Crippen MR) is 67.0 cm³/mol. The van der Waals surface area contributed by atoms with Gasteiger partial charge in [0.15, 0.2) is 0 Å². The molecule has 1 aromatic rings. The van der Waals surface area contributed by atoms with Crippen molar-refractivity contribution in [3.8, 4) is 5.75 Å². The van der Waals surface area contributed by atoms with E-state index in [1.165, 1.54) is 11.1 Å². The van der Waals surface area contributed by atoms with E-state index in [0.717, 1.165) is 24.2 Å². The minimum atomic E-state index is 0.265. The molecule has 2 heteroatoms. The van der Waals surface area contributed by atoms with Gasteiger partial charge in [0.05, 0.1) is 7.11 Å². The van der Waals surface area contributed by atoms with E-state index in [4.69, 9.17) is 4.74 Å². The number of rotatable bonds is 5. The molecule has 0 aliphatic rings. The molecular formula is C14H22O2. The SMILES string of the molecule is CCC(CO)Cc1cc(C)c(OC)cc1C. The first-order chi connectivity index (χ1) is 7.62. The topological polar surface area (TPSA) is 29.5 Å². The minimum absolute atomic E-state index is 0.265. The molecule has 0 spiro atoms. The Bertz CT molecular complexity index is 341. The second kappa shape index (κ2) is 5.90. The molecule has 0 heterocycles. The van der Waals surface area contributed by atoms with Gasteiger partial charge >= 0.3 is 0 Å². The number of hydrogen-bond acceptors (Lipinski definition) is 2. The highest BCUT2D eigenvalue weighted by Gasteiger charge is 2.10. The molecule has 16 heavy (non-hydrogen) atoms. The Hall–Kier alpha value is -1.02. The Morgan fingerprint density at radius 3 is 2.44 bits per heavy atom. The quantitative estimate of drug-likeness (QED) is 0.830. The van der Waals surface area contributed by atoms with E-state index in [-0.39, 0.29) is 6.61 Å². The lowest BCUT2D eigenvalue weighted by molar-refractivity contribution is 0.222. The standard InChI is InChI=1S/C14H22O2/c1-5-12(9-15)8-13-6-11(3)14(16-4)7-10(13)2/h6-7,12,15H,5,8-9H2,1-4H3. The van der Waals surface area contributed by atoms with Gasteiger partial charge in [-0.05, 0) is 48.9 Å². The molecule has 0 saturated carbocycles. The van der Waals surface area contributed by atoms with E-state index in [1.54, 1.807) is 7.11 Å². The van der Waals surface area contributed by atoms with Crippen LogP contribution in [0.25, 0.3) is 0 Å². The summed E-state index contributed by atoms with van der Waals surface area (Å²) >= 11 is 0. The Labute approximate surface area is 98.3 Å². The van der Waals surface area contributed by atoms with Crippen LogP contribution in [0, 0.1) is 19.8 Å². The molecule has 0 bridgehead atoms. The van der Waals surface area contributed by atoms with Crippen LogP contribution < -0.4 is 4.74 Å². The summed E-state index contributed by atoms with van der Waals surface area (Å²) in [7, 11) is 1.70. The number of methoxy groups -OCH3 is 1. The van der Waals surface area contributed by atoms with Crippen molar-refractivity contribution >= 4 is 0 Å². The van der Waals surface area contributed by atoms with Crippen LogP contribution in [0.2, 0.25) is 0 Å². The van der Waals surface area contributed by atoms with Crippen LogP contribution in [-0.4, -0.2) is 18.8 Å². The second-order valence-corrected chi connectivity index (χ2v) is 4.41. The zero-order valence-corrected chi connectivity index (χ0v) is 10.7. The Morgan fingerprint density at radius 2 is 1.94 bits per heavy atom. The monoisotopic (exact) mass is 222 g/mol. The third kappa shape index (κ3) is 2.99. The van der Waals surface area contributed by atoms with E-state index in [2.05, 4.69) is 32.9 Å². The maximum Gasteiger partial charge on any atom is 0.122 e. The molecule has 0 saturated heterocycles. The molecule has 90 valence electrons. The summed E-state index contributed by atoms with van der Waals surface area (Å²) in [6.45, 7) is 6.54. The first-order valence-electron chi connectivity index (χ1n) is 5.87. The molecule has 2 nitrogen and oxygen atoms in total. The number of ether oxygens (including phenoxy) is 1. The summed E-state index contributed by atoms with van der Waals surface area (Å²) < 4.78 is 5.29.